The predicted molar refractivity (Wildman–Crippen MR) is 126 cm³/mol. The number of benzene rings is 2. The van der Waals surface area contributed by atoms with Crippen molar-refractivity contribution in [1.82, 2.24) is 15.0 Å². The number of para-hydroxylation sites is 1. The number of anilines is 1. The molecule has 5 rings (SSSR count). The minimum Gasteiger partial charge on any atom is -0.369 e. The van der Waals surface area contributed by atoms with Gasteiger partial charge in [0, 0.05) is 38.6 Å². The summed E-state index contributed by atoms with van der Waals surface area (Å²) in [5.74, 6) is 0.900. The van der Waals surface area contributed by atoms with Crippen molar-refractivity contribution in [2.45, 2.75) is 13.3 Å². The number of nitrogens with one attached hydrogen (secondary N) is 2. The molecule has 0 radical (unpaired) electrons. The lowest BCUT2D eigenvalue weighted by Gasteiger charge is -2.09. The van der Waals surface area contributed by atoms with Crippen LogP contribution < -0.4 is 5.32 Å². The van der Waals surface area contributed by atoms with Crippen LogP contribution in [0, 0.1) is 6.92 Å². The van der Waals surface area contributed by atoms with E-state index in [0.717, 1.165) is 33.5 Å². The van der Waals surface area contributed by atoms with E-state index < -0.39 is 0 Å². The highest BCUT2D eigenvalue weighted by Crippen LogP contribution is 2.40. The molecule has 2 aromatic carbocycles. The first-order valence-corrected chi connectivity index (χ1v) is 11.1. The molecule has 6 heteroatoms. The maximum atomic E-state index is 4.57. The molecule has 0 fully saturated rings. The quantitative estimate of drug-likeness (QED) is 0.310. The number of aromatic amines is 1. The molecule has 0 bridgehead atoms. The minimum absolute atomic E-state index is 0.808. The van der Waals surface area contributed by atoms with Gasteiger partial charge in [0.25, 0.3) is 0 Å². The third kappa shape index (κ3) is 3.43. The van der Waals surface area contributed by atoms with Crippen LogP contribution in [0.5, 0.6) is 0 Å². The Bertz CT molecular complexity index is 1300. The Morgan fingerprint density at radius 3 is 2.76 bits per heavy atom. The summed E-state index contributed by atoms with van der Waals surface area (Å²) in [5, 5.41) is 5.95. The van der Waals surface area contributed by atoms with E-state index in [-0.39, 0.29) is 0 Å². The summed E-state index contributed by atoms with van der Waals surface area (Å²) in [6, 6.07) is 16.8. The van der Waals surface area contributed by atoms with Crippen molar-refractivity contribution < 1.29 is 0 Å². The number of rotatable bonds is 5. The SMILES string of the molecule is Cc1sc2ncnc(NCCc3c[nH]c4ccccc34)c2c1-c1ccc(Br)cc1. The second-order valence-electron chi connectivity index (χ2n) is 6.98. The van der Waals surface area contributed by atoms with Gasteiger partial charge in [0.1, 0.15) is 17.0 Å². The number of hydrogen-bond donors (Lipinski definition) is 2. The summed E-state index contributed by atoms with van der Waals surface area (Å²) in [6.07, 6.45) is 4.67. The lowest BCUT2D eigenvalue weighted by atomic mass is 10.0. The van der Waals surface area contributed by atoms with Crippen molar-refractivity contribution in [3.05, 3.63) is 76.0 Å². The number of fused-ring (bicyclic) bond motifs is 2. The van der Waals surface area contributed by atoms with Crippen molar-refractivity contribution in [3.63, 3.8) is 0 Å². The summed E-state index contributed by atoms with van der Waals surface area (Å²) >= 11 is 5.24. The molecule has 0 atom stereocenters. The lowest BCUT2D eigenvalue weighted by molar-refractivity contribution is 1.01. The van der Waals surface area contributed by atoms with Crippen LogP contribution in [0.1, 0.15) is 10.4 Å². The zero-order valence-corrected chi connectivity index (χ0v) is 18.3. The summed E-state index contributed by atoms with van der Waals surface area (Å²) < 4.78 is 1.08. The Morgan fingerprint density at radius 1 is 1.07 bits per heavy atom. The topological polar surface area (TPSA) is 53.6 Å². The third-order valence-corrected chi connectivity index (χ3v) is 6.70. The molecule has 0 aliphatic carbocycles. The fraction of sp³-hybridized carbons (Fsp3) is 0.130. The molecule has 3 aromatic heterocycles. The summed E-state index contributed by atoms with van der Waals surface area (Å²) in [4.78, 5) is 14.7. The first-order chi connectivity index (χ1) is 14.2. The largest absolute Gasteiger partial charge is 0.369 e. The predicted octanol–water partition coefficient (Wildman–Crippen LogP) is 6.57. The van der Waals surface area contributed by atoms with Crippen LogP contribution >= 0.6 is 27.3 Å². The average molecular weight is 463 g/mol. The van der Waals surface area contributed by atoms with Gasteiger partial charge in [-0.25, -0.2) is 9.97 Å². The van der Waals surface area contributed by atoms with Crippen molar-refractivity contribution in [2.75, 3.05) is 11.9 Å². The third-order valence-electron chi connectivity index (χ3n) is 5.16. The van der Waals surface area contributed by atoms with Crippen molar-refractivity contribution >= 4 is 54.2 Å². The minimum atomic E-state index is 0.808. The van der Waals surface area contributed by atoms with E-state index in [9.17, 15) is 0 Å². The highest BCUT2D eigenvalue weighted by Gasteiger charge is 2.16. The zero-order valence-electron chi connectivity index (χ0n) is 15.9. The maximum absolute atomic E-state index is 4.57. The molecule has 3 heterocycles. The smallest absolute Gasteiger partial charge is 0.138 e. The monoisotopic (exact) mass is 462 g/mol. The second-order valence-corrected chi connectivity index (χ2v) is 9.10. The Balaban J connectivity index is 1.46. The molecule has 0 amide bonds. The van der Waals surface area contributed by atoms with Gasteiger partial charge in [0.05, 0.1) is 5.39 Å². The van der Waals surface area contributed by atoms with E-state index in [4.69, 9.17) is 0 Å². The van der Waals surface area contributed by atoms with E-state index in [2.05, 4.69) is 97.9 Å². The number of thiophene rings is 1. The van der Waals surface area contributed by atoms with E-state index in [1.165, 1.54) is 32.5 Å². The summed E-state index contributed by atoms with van der Waals surface area (Å²) in [7, 11) is 0. The van der Waals surface area contributed by atoms with Crippen LogP contribution in [0.4, 0.5) is 5.82 Å². The van der Waals surface area contributed by atoms with Gasteiger partial charge in [-0.2, -0.15) is 0 Å². The molecule has 0 saturated heterocycles. The van der Waals surface area contributed by atoms with E-state index in [0.29, 0.717) is 0 Å². The second kappa shape index (κ2) is 7.61. The zero-order chi connectivity index (χ0) is 19.8. The van der Waals surface area contributed by atoms with Crippen molar-refractivity contribution in [3.8, 4) is 11.1 Å². The Hall–Kier alpha value is -2.70. The molecule has 0 aliphatic rings. The average Bonchev–Trinajstić information content (AvgIpc) is 3.30. The number of aryl methyl sites for hydroxylation is 1. The number of H-pyrrole nitrogens is 1. The molecule has 0 unspecified atom stereocenters. The number of halogens is 1. The fourth-order valence-corrected chi connectivity index (χ4v) is 5.07. The maximum Gasteiger partial charge on any atom is 0.138 e. The van der Waals surface area contributed by atoms with Crippen LogP contribution in [-0.4, -0.2) is 21.5 Å². The number of nitrogens with zero attached hydrogens (tertiary/aromatic N) is 2. The van der Waals surface area contributed by atoms with E-state index in [1.54, 1.807) is 17.7 Å². The van der Waals surface area contributed by atoms with Gasteiger partial charge >= 0.3 is 0 Å². The molecule has 4 nitrogen and oxygen atoms in total. The van der Waals surface area contributed by atoms with Gasteiger partial charge in [-0.1, -0.05) is 46.3 Å². The van der Waals surface area contributed by atoms with Crippen LogP contribution in [0.25, 0.3) is 32.2 Å². The van der Waals surface area contributed by atoms with Gasteiger partial charge in [-0.05, 0) is 42.7 Å². The molecule has 0 aliphatic heterocycles. The van der Waals surface area contributed by atoms with E-state index >= 15 is 0 Å². The van der Waals surface area contributed by atoms with Gasteiger partial charge in [-0.3, -0.25) is 0 Å². The Morgan fingerprint density at radius 2 is 1.90 bits per heavy atom. The molecular weight excluding hydrogens is 444 g/mol. The van der Waals surface area contributed by atoms with Gasteiger partial charge in [0.15, 0.2) is 0 Å². The summed E-state index contributed by atoms with van der Waals surface area (Å²) in [6.45, 7) is 2.96. The van der Waals surface area contributed by atoms with Crippen molar-refractivity contribution in [1.29, 1.82) is 0 Å². The van der Waals surface area contributed by atoms with Gasteiger partial charge in [0.2, 0.25) is 0 Å². The van der Waals surface area contributed by atoms with Crippen LogP contribution in [0.15, 0.2) is 65.5 Å². The molecule has 29 heavy (non-hydrogen) atoms. The molecule has 2 N–H and O–H groups in total. The molecule has 144 valence electrons. The lowest BCUT2D eigenvalue weighted by Crippen LogP contribution is -2.06. The van der Waals surface area contributed by atoms with Gasteiger partial charge in [-0.15, -0.1) is 11.3 Å². The Labute approximate surface area is 181 Å². The molecule has 5 aromatic rings. The normalized spacial score (nSPS) is 11.4. The Kier molecular flexibility index (Phi) is 4.81. The van der Waals surface area contributed by atoms with E-state index in [1.807, 2.05) is 0 Å². The number of aromatic nitrogens is 3. The van der Waals surface area contributed by atoms with Gasteiger partial charge < -0.3 is 10.3 Å². The van der Waals surface area contributed by atoms with Crippen LogP contribution in [0.2, 0.25) is 0 Å². The van der Waals surface area contributed by atoms with Crippen molar-refractivity contribution in [2.24, 2.45) is 0 Å². The molecular formula is C23H19BrN4S. The summed E-state index contributed by atoms with van der Waals surface area (Å²) in [5.41, 5.74) is 4.89. The first-order valence-electron chi connectivity index (χ1n) is 9.49. The fourth-order valence-electron chi connectivity index (χ4n) is 3.80. The highest BCUT2D eigenvalue weighted by molar-refractivity contribution is 9.10. The van der Waals surface area contributed by atoms with Crippen LogP contribution in [0.3, 0.4) is 0 Å². The molecule has 0 spiro atoms. The number of hydrogen-bond acceptors (Lipinski definition) is 4. The highest BCUT2D eigenvalue weighted by atomic mass is 79.9. The standard InChI is InChI=1S/C23H19BrN4S/c1-14-20(15-6-8-17(24)9-7-15)21-22(27-13-28-23(21)29-14)25-11-10-16-12-26-19-5-3-2-4-18(16)19/h2-9,12-13,26H,10-11H2,1H3,(H,25,27,28). The first kappa shape index (κ1) is 18.3. The van der Waals surface area contributed by atoms with Crippen LogP contribution in [-0.2, 0) is 6.42 Å². The molecule has 0 saturated carbocycles.